The third kappa shape index (κ3) is 7.85. The Bertz CT molecular complexity index is 1100. The van der Waals surface area contributed by atoms with Gasteiger partial charge < -0.3 is 27.0 Å². The molecule has 1 heterocycles. The largest absolute Gasteiger partial charge is 0.367 e. The highest BCUT2D eigenvalue weighted by Crippen LogP contribution is 2.23. The van der Waals surface area contributed by atoms with E-state index in [9.17, 15) is 9.59 Å². The zero-order valence-corrected chi connectivity index (χ0v) is 19.7. The van der Waals surface area contributed by atoms with Crippen molar-refractivity contribution in [2.24, 2.45) is 5.73 Å². The zero-order chi connectivity index (χ0) is 23.6. The average Bonchev–Trinajstić information content (AvgIpc) is 2.79. The van der Waals surface area contributed by atoms with Gasteiger partial charge in [-0.25, -0.2) is 4.98 Å². The highest BCUT2D eigenvalue weighted by atomic mass is 79.9. The SMILES string of the molecule is CC(=O)NCCNc1nc(Nc2cccc(NC(=O)C(N)Cc3ccccc3)c2)ncc1Br. The van der Waals surface area contributed by atoms with E-state index in [1.807, 2.05) is 42.5 Å². The smallest absolute Gasteiger partial charge is 0.241 e. The molecule has 0 radical (unpaired) electrons. The minimum atomic E-state index is -0.662. The van der Waals surface area contributed by atoms with Crippen molar-refractivity contribution in [3.63, 3.8) is 0 Å². The number of nitrogens with one attached hydrogen (secondary N) is 4. The summed E-state index contributed by atoms with van der Waals surface area (Å²) >= 11 is 3.41. The highest BCUT2D eigenvalue weighted by Gasteiger charge is 2.14. The zero-order valence-electron chi connectivity index (χ0n) is 18.1. The van der Waals surface area contributed by atoms with E-state index >= 15 is 0 Å². The normalized spacial score (nSPS) is 11.4. The van der Waals surface area contributed by atoms with Gasteiger partial charge in [0, 0.05) is 37.6 Å². The van der Waals surface area contributed by atoms with Crippen LogP contribution in [0.25, 0.3) is 0 Å². The van der Waals surface area contributed by atoms with E-state index in [-0.39, 0.29) is 11.8 Å². The summed E-state index contributed by atoms with van der Waals surface area (Å²) in [7, 11) is 0. The Hall–Kier alpha value is -3.50. The first-order chi connectivity index (χ1) is 15.9. The number of nitrogens with two attached hydrogens (primary N) is 1. The maximum atomic E-state index is 12.5. The van der Waals surface area contributed by atoms with Gasteiger partial charge in [-0.05, 0) is 46.1 Å². The maximum Gasteiger partial charge on any atom is 0.241 e. The van der Waals surface area contributed by atoms with E-state index in [1.54, 1.807) is 18.3 Å². The third-order valence-corrected chi connectivity index (χ3v) is 5.14. The molecule has 10 heteroatoms. The highest BCUT2D eigenvalue weighted by molar-refractivity contribution is 9.10. The van der Waals surface area contributed by atoms with Crippen LogP contribution < -0.4 is 27.0 Å². The van der Waals surface area contributed by atoms with E-state index < -0.39 is 6.04 Å². The Kier molecular flexibility index (Phi) is 8.73. The van der Waals surface area contributed by atoms with E-state index in [2.05, 4.69) is 47.2 Å². The number of aromatic nitrogens is 2. The summed E-state index contributed by atoms with van der Waals surface area (Å²) in [5.74, 6) is 0.620. The molecule has 0 aliphatic rings. The van der Waals surface area contributed by atoms with Crippen LogP contribution in [0.15, 0.2) is 65.3 Å². The lowest BCUT2D eigenvalue weighted by atomic mass is 10.1. The molecule has 1 unspecified atom stereocenters. The number of rotatable bonds is 10. The fraction of sp³-hybridized carbons (Fsp3) is 0.217. The molecule has 0 spiro atoms. The van der Waals surface area contributed by atoms with Crippen LogP contribution in [0.5, 0.6) is 0 Å². The number of benzene rings is 2. The quantitative estimate of drug-likeness (QED) is 0.264. The average molecular weight is 512 g/mol. The first-order valence-corrected chi connectivity index (χ1v) is 11.2. The van der Waals surface area contributed by atoms with Crippen molar-refractivity contribution in [1.29, 1.82) is 0 Å². The number of hydrogen-bond acceptors (Lipinski definition) is 7. The van der Waals surface area contributed by atoms with Crippen molar-refractivity contribution in [3.8, 4) is 0 Å². The standard InChI is InChI=1S/C23H26BrN7O2/c1-15(32)26-10-11-27-21-19(24)14-28-23(31-21)30-18-9-5-8-17(13-18)29-22(33)20(25)12-16-6-3-2-4-7-16/h2-9,13-14,20H,10-12,25H2,1H3,(H,26,32)(H,29,33)(H2,27,28,30,31). The first-order valence-electron chi connectivity index (χ1n) is 10.4. The molecule has 1 aromatic heterocycles. The predicted molar refractivity (Wildman–Crippen MR) is 133 cm³/mol. The molecule has 9 nitrogen and oxygen atoms in total. The van der Waals surface area contributed by atoms with Gasteiger partial charge in [0.05, 0.1) is 10.5 Å². The summed E-state index contributed by atoms with van der Waals surface area (Å²) in [4.78, 5) is 32.2. The lowest BCUT2D eigenvalue weighted by Gasteiger charge is -2.14. The lowest BCUT2D eigenvalue weighted by molar-refractivity contribution is -0.119. The van der Waals surface area contributed by atoms with Crippen LogP contribution in [0, 0.1) is 0 Å². The number of carbonyl (C=O) groups excluding carboxylic acids is 2. The van der Waals surface area contributed by atoms with Gasteiger partial charge in [0.2, 0.25) is 17.8 Å². The Labute approximate surface area is 200 Å². The number of halogens is 1. The summed E-state index contributed by atoms with van der Waals surface area (Å²) in [5.41, 5.74) is 8.39. The van der Waals surface area contributed by atoms with Gasteiger partial charge in [0.25, 0.3) is 0 Å². The van der Waals surface area contributed by atoms with Crippen molar-refractivity contribution in [2.45, 2.75) is 19.4 Å². The predicted octanol–water partition coefficient (Wildman–Crippen LogP) is 3.04. The van der Waals surface area contributed by atoms with Gasteiger partial charge in [-0.2, -0.15) is 4.98 Å². The van der Waals surface area contributed by atoms with Gasteiger partial charge >= 0.3 is 0 Å². The lowest BCUT2D eigenvalue weighted by Crippen LogP contribution is -2.37. The third-order valence-electron chi connectivity index (χ3n) is 4.56. The van der Waals surface area contributed by atoms with E-state index in [1.165, 1.54) is 6.92 Å². The van der Waals surface area contributed by atoms with Crippen LogP contribution in [0.1, 0.15) is 12.5 Å². The Morgan fingerprint density at radius 3 is 2.58 bits per heavy atom. The van der Waals surface area contributed by atoms with Crippen LogP contribution in [0.4, 0.5) is 23.1 Å². The van der Waals surface area contributed by atoms with Crippen molar-refractivity contribution in [1.82, 2.24) is 15.3 Å². The summed E-state index contributed by atoms with van der Waals surface area (Å²) in [6.45, 7) is 2.46. The van der Waals surface area contributed by atoms with Crippen LogP contribution in [0.3, 0.4) is 0 Å². The first kappa shape index (κ1) is 24.1. The van der Waals surface area contributed by atoms with E-state index in [0.29, 0.717) is 47.1 Å². The van der Waals surface area contributed by atoms with Crippen molar-refractivity contribution in [2.75, 3.05) is 29.0 Å². The van der Waals surface area contributed by atoms with Gasteiger partial charge in [-0.15, -0.1) is 0 Å². The fourth-order valence-corrected chi connectivity index (χ4v) is 3.30. The van der Waals surface area contributed by atoms with Gasteiger partial charge in [0.1, 0.15) is 5.82 Å². The second kappa shape index (κ2) is 11.9. The van der Waals surface area contributed by atoms with Gasteiger partial charge in [-0.3, -0.25) is 9.59 Å². The molecule has 1 atom stereocenters. The van der Waals surface area contributed by atoms with E-state index in [4.69, 9.17) is 5.73 Å². The molecule has 3 aromatic rings. The van der Waals surface area contributed by atoms with Crippen molar-refractivity contribution in [3.05, 3.63) is 70.8 Å². The van der Waals surface area contributed by atoms with Crippen molar-refractivity contribution >= 4 is 50.9 Å². The molecule has 0 saturated carbocycles. The summed E-state index contributed by atoms with van der Waals surface area (Å²) < 4.78 is 0.698. The number of carbonyl (C=O) groups is 2. The number of amides is 2. The van der Waals surface area contributed by atoms with Crippen LogP contribution in [-0.2, 0) is 16.0 Å². The minimum Gasteiger partial charge on any atom is -0.367 e. The van der Waals surface area contributed by atoms with Gasteiger partial charge in [-0.1, -0.05) is 36.4 Å². The van der Waals surface area contributed by atoms with Crippen LogP contribution in [-0.4, -0.2) is 40.9 Å². The molecule has 2 amide bonds. The second-order valence-corrected chi connectivity index (χ2v) is 8.15. The number of nitrogens with zero attached hydrogens (tertiary/aromatic N) is 2. The summed E-state index contributed by atoms with van der Waals surface area (Å²) in [5, 5.41) is 11.8. The van der Waals surface area contributed by atoms with Crippen LogP contribution >= 0.6 is 15.9 Å². The molecule has 3 rings (SSSR count). The molecule has 172 valence electrons. The Morgan fingerprint density at radius 2 is 1.82 bits per heavy atom. The van der Waals surface area contributed by atoms with Crippen LogP contribution in [0.2, 0.25) is 0 Å². The molecule has 2 aromatic carbocycles. The monoisotopic (exact) mass is 511 g/mol. The number of anilines is 4. The molecular formula is C23H26BrN7O2. The molecule has 0 bridgehead atoms. The molecule has 0 fully saturated rings. The molecule has 6 N–H and O–H groups in total. The molecule has 0 aliphatic heterocycles. The number of hydrogen-bond donors (Lipinski definition) is 5. The van der Waals surface area contributed by atoms with Gasteiger partial charge in [0.15, 0.2) is 0 Å². The Balaban J connectivity index is 1.59. The minimum absolute atomic E-state index is 0.0890. The Morgan fingerprint density at radius 1 is 1.06 bits per heavy atom. The summed E-state index contributed by atoms with van der Waals surface area (Å²) in [6.07, 6.45) is 2.08. The molecule has 0 aliphatic carbocycles. The summed E-state index contributed by atoms with van der Waals surface area (Å²) in [6, 6.07) is 16.2. The molecule has 0 saturated heterocycles. The topological polar surface area (TPSA) is 134 Å². The van der Waals surface area contributed by atoms with E-state index in [0.717, 1.165) is 5.56 Å². The molecule has 33 heavy (non-hydrogen) atoms. The fourth-order valence-electron chi connectivity index (χ4n) is 2.97. The second-order valence-electron chi connectivity index (χ2n) is 7.29. The maximum absolute atomic E-state index is 12.5. The van der Waals surface area contributed by atoms with Crippen molar-refractivity contribution < 1.29 is 9.59 Å². The molecular weight excluding hydrogens is 486 g/mol.